The van der Waals surface area contributed by atoms with E-state index >= 15 is 0 Å². The van der Waals surface area contributed by atoms with Crippen LogP contribution in [0.5, 0.6) is 0 Å². The van der Waals surface area contributed by atoms with Crippen LogP contribution in [0.1, 0.15) is 35.9 Å². The molecule has 3 rings (SSSR count). The highest BCUT2D eigenvalue weighted by Gasteiger charge is 2.31. The van der Waals surface area contributed by atoms with Gasteiger partial charge >= 0.3 is 0 Å². The van der Waals surface area contributed by atoms with Crippen molar-refractivity contribution in [1.82, 2.24) is 14.9 Å². The van der Waals surface area contributed by atoms with Gasteiger partial charge in [-0.15, -0.1) is 0 Å². The number of aryl methyl sites for hydroxylation is 1. The van der Waals surface area contributed by atoms with Crippen LogP contribution in [0.15, 0.2) is 29.2 Å². The number of piperidine rings is 1. The van der Waals surface area contributed by atoms with Crippen molar-refractivity contribution in [2.45, 2.75) is 36.7 Å². The fraction of sp³-hybridized carbons (Fsp3) is 0.476. The molecule has 5 N–H and O–H groups in total. The highest BCUT2D eigenvalue weighted by molar-refractivity contribution is 7.90. The number of carbonyl (C=O) groups is 1. The summed E-state index contributed by atoms with van der Waals surface area (Å²) in [5.41, 5.74) is 5.59. The number of aliphatic hydroxyl groups is 1. The summed E-state index contributed by atoms with van der Waals surface area (Å²) in [4.78, 5) is 23.2. The number of nitrogens with one attached hydrogen (secondary N) is 2. The van der Waals surface area contributed by atoms with Gasteiger partial charge in [0.1, 0.15) is 5.82 Å². The molecule has 11 heteroatoms. The number of hydrogen-bond donors (Lipinski definition) is 4. The van der Waals surface area contributed by atoms with E-state index in [-0.39, 0.29) is 16.4 Å². The zero-order valence-electron chi connectivity index (χ0n) is 18.6. The van der Waals surface area contributed by atoms with Crippen LogP contribution in [-0.4, -0.2) is 72.8 Å². The normalized spacial score (nSPS) is 16.5. The monoisotopic (exact) mass is 462 g/mol. The van der Waals surface area contributed by atoms with Gasteiger partial charge < -0.3 is 26.4 Å². The third kappa shape index (κ3) is 5.72. The minimum absolute atomic E-state index is 0.0461. The second-order valence-electron chi connectivity index (χ2n) is 8.24. The largest absolute Gasteiger partial charge is 0.388 e. The van der Waals surface area contributed by atoms with Gasteiger partial charge in [0.25, 0.3) is 5.91 Å². The van der Waals surface area contributed by atoms with Gasteiger partial charge in [-0.3, -0.25) is 4.79 Å². The van der Waals surface area contributed by atoms with E-state index in [4.69, 9.17) is 5.73 Å². The Morgan fingerprint density at radius 2 is 1.94 bits per heavy atom. The molecule has 2 aromatic rings. The van der Waals surface area contributed by atoms with E-state index in [1.54, 1.807) is 12.1 Å². The number of amides is 1. The lowest BCUT2D eigenvalue weighted by Crippen LogP contribution is -2.47. The van der Waals surface area contributed by atoms with Crippen molar-refractivity contribution in [3.05, 3.63) is 35.7 Å². The van der Waals surface area contributed by atoms with Crippen LogP contribution >= 0.6 is 0 Å². The van der Waals surface area contributed by atoms with Crippen molar-refractivity contribution in [1.29, 1.82) is 0 Å². The zero-order chi connectivity index (χ0) is 23.5. The van der Waals surface area contributed by atoms with Gasteiger partial charge in [0.2, 0.25) is 0 Å². The molecule has 32 heavy (non-hydrogen) atoms. The molecule has 0 bridgehead atoms. The molecule has 1 aromatic heterocycles. The maximum absolute atomic E-state index is 12.0. The number of benzene rings is 1. The number of likely N-dealkylation sites (tertiary alicyclic amines) is 1. The number of sulfone groups is 1. The Labute approximate surface area is 188 Å². The van der Waals surface area contributed by atoms with E-state index in [0.29, 0.717) is 43.0 Å². The summed E-state index contributed by atoms with van der Waals surface area (Å²) in [6.45, 7) is 3.78. The third-order valence-corrected chi connectivity index (χ3v) is 6.67. The van der Waals surface area contributed by atoms with E-state index in [9.17, 15) is 18.3 Å². The average Bonchev–Trinajstić information content (AvgIpc) is 2.74. The number of anilines is 3. The predicted molar refractivity (Wildman–Crippen MR) is 123 cm³/mol. The lowest BCUT2D eigenvalue weighted by Gasteiger charge is -2.36. The minimum Gasteiger partial charge on any atom is -0.388 e. The van der Waals surface area contributed by atoms with Crippen LogP contribution in [-0.2, 0) is 16.3 Å². The minimum atomic E-state index is -3.41. The second-order valence-corrected chi connectivity index (χ2v) is 10.3. The van der Waals surface area contributed by atoms with Crippen molar-refractivity contribution in [2.75, 3.05) is 43.6 Å². The molecule has 10 nitrogen and oxygen atoms in total. The number of primary amides is 1. The summed E-state index contributed by atoms with van der Waals surface area (Å²) >= 11 is 0. The molecule has 1 aromatic carbocycles. The van der Waals surface area contributed by atoms with Crippen LogP contribution in [0.4, 0.5) is 17.3 Å². The predicted octanol–water partition coefficient (Wildman–Crippen LogP) is 1.15. The number of aromatic nitrogens is 2. The Kier molecular flexibility index (Phi) is 7.01. The van der Waals surface area contributed by atoms with Crippen LogP contribution < -0.4 is 16.4 Å². The summed E-state index contributed by atoms with van der Waals surface area (Å²) in [5.74, 6) is -0.209. The van der Waals surface area contributed by atoms with Gasteiger partial charge in [-0.1, -0.05) is 13.0 Å². The first-order chi connectivity index (χ1) is 15.0. The summed E-state index contributed by atoms with van der Waals surface area (Å²) in [5, 5.41) is 17.0. The molecule has 0 radical (unpaired) electrons. The molecule has 0 aliphatic carbocycles. The molecule has 0 unspecified atom stereocenters. The van der Waals surface area contributed by atoms with Crippen molar-refractivity contribution in [3.8, 4) is 0 Å². The number of nitrogens with zero attached hydrogens (tertiary/aromatic N) is 3. The van der Waals surface area contributed by atoms with E-state index < -0.39 is 21.3 Å². The molecule has 0 spiro atoms. The summed E-state index contributed by atoms with van der Waals surface area (Å²) < 4.78 is 23.7. The lowest BCUT2D eigenvalue weighted by atomic mass is 9.91. The Bertz CT molecular complexity index is 1100. The Morgan fingerprint density at radius 3 is 2.53 bits per heavy atom. The van der Waals surface area contributed by atoms with Crippen LogP contribution in [0, 0.1) is 0 Å². The Hall–Kier alpha value is -2.76. The Balaban J connectivity index is 1.91. The summed E-state index contributed by atoms with van der Waals surface area (Å²) in [6, 6.07) is 6.18. The first-order valence-electron chi connectivity index (χ1n) is 10.4. The number of rotatable bonds is 8. The Morgan fingerprint density at radius 1 is 1.25 bits per heavy atom. The topological polar surface area (TPSA) is 151 Å². The fourth-order valence-corrected chi connectivity index (χ4v) is 4.18. The van der Waals surface area contributed by atoms with Crippen molar-refractivity contribution >= 4 is 33.1 Å². The van der Waals surface area contributed by atoms with Crippen LogP contribution in [0.25, 0.3) is 0 Å². The SMILES string of the molecule is CCc1nc(C(N)=O)c(Nc2cccc(S(C)(=O)=O)c2)nc1NCC1(O)CCN(C)CC1. The fourth-order valence-electron chi connectivity index (χ4n) is 3.52. The molecule has 0 atom stereocenters. The highest BCUT2D eigenvalue weighted by Crippen LogP contribution is 2.26. The molecule has 1 aliphatic heterocycles. The molecule has 174 valence electrons. The number of carbonyl (C=O) groups excluding carboxylic acids is 1. The van der Waals surface area contributed by atoms with E-state index in [1.807, 2.05) is 14.0 Å². The van der Waals surface area contributed by atoms with E-state index in [2.05, 4.69) is 25.5 Å². The van der Waals surface area contributed by atoms with Gasteiger partial charge in [-0.05, 0) is 44.5 Å². The van der Waals surface area contributed by atoms with Gasteiger partial charge in [-0.2, -0.15) is 0 Å². The van der Waals surface area contributed by atoms with Crippen LogP contribution in [0.3, 0.4) is 0 Å². The second kappa shape index (κ2) is 9.39. The standard InChI is InChI=1S/C21H30N6O4S/c1-4-16-19(23-13-21(29)8-10-27(2)11-9-21)26-20(17(25-16)18(22)28)24-14-6-5-7-15(12-14)32(3,30)31/h5-7,12,29H,4,8-11,13H2,1-3H3,(H2,22,28)(H2,23,24,26). The summed E-state index contributed by atoms with van der Waals surface area (Å²) in [7, 11) is -1.39. The van der Waals surface area contributed by atoms with Gasteiger partial charge in [-0.25, -0.2) is 18.4 Å². The number of nitrogens with two attached hydrogens (primary N) is 1. The van der Waals surface area contributed by atoms with Crippen molar-refractivity contribution in [2.24, 2.45) is 5.73 Å². The maximum atomic E-state index is 12.0. The molecule has 1 amide bonds. The molecule has 0 saturated carbocycles. The van der Waals surface area contributed by atoms with E-state index in [0.717, 1.165) is 19.3 Å². The number of hydrogen-bond acceptors (Lipinski definition) is 9. The zero-order valence-corrected chi connectivity index (χ0v) is 19.4. The van der Waals surface area contributed by atoms with Gasteiger partial charge in [0, 0.05) is 31.6 Å². The van der Waals surface area contributed by atoms with Crippen LogP contribution in [0.2, 0.25) is 0 Å². The van der Waals surface area contributed by atoms with Gasteiger partial charge in [0.15, 0.2) is 21.3 Å². The third-order valence-electron chi connectivity index (χ3n) is 5.56. The first kappa shape index (κ1) is 23.9. The quantitative estimate of drug-likeness (QED) is 0.453. The lowest BCUT2D eigenvalue weighted by molar-refractivity contribution is -0.00411. The maximum Gasteiger partial charge on any atom is 0.271 e. The molecule has 2 heterocycles. The smallest absolute Gasteiger partial charge is 0.271 e. The highest BCUT2D eigenvalue weighted by atomic mass is 32.2. The molecule has 1 aliphatic rings. The first-order valence-corrected chi connectivity index (χ1v) is 12.3. The van der Waals surface area contributed by atoms with E-state index in [1.165, 1.54) is 12.1 Å². The molecule has 1 saturated heterocycles. The average molecular weight is 463 g/mol. The van der Waals surface area contributed by atoms with Crippen molar-refractivity contribution < 1.29 is 18.3 Å². The summed E-state index contributed by atoms with van der Waals surface area (Å²) in [6.07, 6.45) is 2.88. The van der Waals surface area contributed by atoms with Crippen molar-refractivity contribution in [3.63, 3.8) is 0 Å². The molecular formula is C21H30N6O4S. The van der Waals surface area contributed by atoms with Gasteiger partial charge in [0.05, 0.1) is 16.2 Å². The molecule has 1 fully saturated rings. The molecular weight excluding hydrogens is 432 g/mol.